The Labute approximate surface area is 144 Å². The molecular formula is C15H25N3O5S. The molecule has 24 heavy (non-hydrogen) atoms. The van der Waals surface area contributed by atoms with Crippen LogP contribution in [-0.2, 0) is 4.74 Å². The summed E-state index contributed by atoms with van der Waals surface area (Å²) in [6.45, 7) is -0.343. The lowest BCUT2D eigenvalue weighted by atomic mass is 9.84. The molecule has 1 aromatic rings. The Morgan fingerprint density at radius 3 is 2.67 bits per heavy atom. The zero-order valence-electron chi connectivity index (χ0n) is 13.6. The summed E-state index contributed by atoms with van der Waals surface area (Å²) >= 11 is 1.31. The largest absolute Gasteiger partial charge is 0.394 e. The molecule has 3 rings (SSSR count). The van der Waals surface area contributed by atoms with Crippen LogP contribution in [0.15, 0.2) is 6.20 Å². The van der Waals surface area contributed by atoms with Crippen molar-refractivity contribution in [2.24, 2.45) is 0 Å². The molecular weight excluding hydrogens is 334 g/mol. The molecule has 1 aromatic heterocycles. The van der Waals surface area contributed by atoms with Gasteiger partial charge in [0.25, 0.3) is 0 Å². The maximum atomic E-state index is 10.5. The molecule has 2 aliphatic rings. The quantitative estimate of drug-likeness (QED) is 0.575. The van der Waals surface area contributed by atoms with Crippen LogP contribution in [0.25, 0.3) is 0 Å². The van der Waals surface area contributed by atoms with Gasteiger partial charge in [-0.2, -0.15) is 0 Å². The number of aliphatic hydroxyl groups is 4. The maximum absolute atomic E-state index is 10.5. The number of thioether (sulfide) groups is 1. The van der Waals surface area contributed by atoms with Crippen LogP contribution < -0.4 is 0 Å². The monoisotopic (exact) mass is 359 g/mol. The van der Waals surface area contributed by atoms with Gasteiger partial charge in [-0.1, -0.05) is 18.1 Å². The second-order valence-electron chi connectivity index (χ2n) is 6.51. The normalized spacial score (nSPS) is 40.6. The van der Waals surface area contributed by atoms with Crippen molar-refractivity contribution in [3.05, 3.63) is 11.9 Å². The number of hydrogen-bond donors (Lipinski definition) is 4. The molecule has 2 fully saturated rings. The molecule has 0 spiro atoms. The third-order valence-electron chi connectivity index (χ3n) is 5.02. The third kappa shape index (κ3) is 3.33. The van der Waals surface area contributed by atoms with Crippen molar-refractivity contribution in [3.63, 3.8) is 0 Å². The summed E-state index contributed by atoms with van der Waals surface area (Å²) in [6.07, 6.45) is 3.83. The average Bonchev–Trinajstić information content (AvgIpc) is 3.05. The minimum atomic E-state index is -1.10. The number of aromatic nitrogens is 3. The highest BCUT2D eigenvalue weighted by atomic mass is 32.2. The number of ether oxygens (including phenoxy) is 1. The van der Waals surface area contributed by atoms with Gasteiger partial charge >= 0.3 is 0 Å². The van der Waals surface area contributed by atoms with Crippen molar-refractivity contribution in [3.8, 4) is 0 Å². The van der Waals surface area contributed by atoms with E-state index in [0.29, 0.717) is 5.69 Å². The summed E-state index contributed by atoms with van der Waals surface area (Å²) in [6, 6.07) is -0.754. The molecule has 0 aromatic carbocycles. The van der Waals surface area contributed by atoms with Gasteiger partial charge in [0.2, 0.25) is 0 Å². The van der Waals surface area contributed by atoms with Crippen molar-refractivity contribution in [1.29, 1.82) is 0 Å². The van der Waals surface area contributed by atoms with Crippen LogP contribution in [0.1, 0.15) is 43.3 Å². The Bertz CT molecular complexity index is 529. The fourth-order valence-electron chi connectivity index (χ4n) is 3.64. The lowest BCUT2D eigenvalue weighted by Crippen LogP contribution is -2.54. The minimum absolute atomic E-state index is 0.0633. The molecule has 0 amide bonds. The smallest absolute Gasteiger partial charge is 0.131 e. The molecule has 2 unspecified atom stereocenters. The third-order valence-corrected chi connectivity index (χ3v) is 5.88. The molecule has 2 heterocycles. The highest BCUT2D eigenvalue weighted by Gasteiger charge is 2.46. The van der Waals surface area contributed by atoms with Gasteiger partial charge in [0.05, 0.1) is 18.4 Å². The number of aliphatic hydroxyl groups excluding tert-OH is 4. The van der Waals surface area contributed by atoms with Gasteiger partial charge in [0.1, 0.15) is 29.8 Å². The summed E-state index contributed by atoms with van der Waals surface area (Å²) in [7, 11) is 0. The first-order valence-electron chi connectivity index (χ1n) is 8.31. The lowest BCUT2D eigenvalue weighted by molar-refractivity contribution is -0.178. The summed E-state index contributed by atoms with van der Waals surface area (Å²) < 4.78 is 6.96. The van der Waals surface area contributed by atoms with Crippen molar-refractivity contribution in [1.82, 2.24) is 15.0 Å². The summed E-state index contributed by atoms with van der Waals surface area (Å²) in [5, 5.41) is 48.8. The molecule has 1 saturated heterocycles. The molecule has 8 nitrogen and oxygen atoms in total. The first-order chi connectivity index (χ1) is 11.6. The van der Waals surface area contributed by atoms with Gasteiger partial charge in [-0.05, 0) is 19.1 Å². The molecule has 4 N–H and O–H groups in total. The van der Waals surface area contributed by atoms with Gasteiger partial charge in [-0.25, -0.2) is 4.68 Å². The van der Waals surface area contributed by atoms with Crippen molar-refractivity contribution in [2.75, 3.05) is 12.9 Å². The molecule has 136 valence electrons. The number of hydrogen-bond acceptors (Lipinski definition) is 8. The molecule has 9 heteroatoms. The topological polar surface area (TPSA) is 121 Å². The fourth-order valence-corrected chi connectivity index (χ4v) is 4.33. The molecule has 1 aliphatic heterocycles. The average molecular weight is 359 g/mol. The molecule has 7 atom stereocenters. The Morgan fingerprint density at radius 1 is 1.25 bits per heavy atom. The zero-order chi connectivity index (χ0) is 17.3. The van der Waals surface area contributed by atoms with Gasteiger partial charge in [0, 0.05) is 12.1 Å². The van der Waals surface area contributed by atoms with Gasteiger partial charge in [0.15, 0.2) is 0 Å². The predicted molar refractivity (Wildman–Crippen MR) is 87.6 cm³/mol. The SMILES string of the molecule is CS[C@@H]1O[C@H](CO)[C@H](O)[C@H](n2cc(C3CCCCC3O)nn2)[C@H]1O. The second-order valence-corrected chi connectivity index (χ2v) is 7.45. The highest BCUT2D eigenvalue weighted by molar-refractivity contribution is 7.99. The van der Waals surface area contributed by atoms with E-state index in [0.717, 1.165) is 25.7 Å². The van der Waals surface area contributed by atoms with E-state index in [2.05, 4.69) is 10.3 Å². The second kappa shape index (κ2) is 7.67. The Morgan fingerprint density at radius 2 is 2.00 bits per heavy atom. The van der Waals surface area contributed by atoms with Crippen LogP contribution in [0.3, 0.4) is 0 Å². The van der Waals surface area contributed by atoms with Crippen LogP contribution >= 0.6 is 11.8 Å². The Hall–Kier alpha value is -0.710. The molecule has 1 saturated carbocycles. The Kier molecular flexibility index (Phi) is 5.78. The van der Waals surface area contributed by atoms with Crippen LogP contribution in [0.5, 0.6) is 0 Å². The predicted octanol–water partition coefficient (Wildman–Crippen LogP) is -0.360. The van der Waals surface area contributed by atoms with Crippen LogP contribution in [-0.4, -0.2) is 78.1 Å². The highest BCUT2D eigenvalue weighted by Crippen LogP contribution is 2.36. The molecule has 0 bridgehead atoms. The lowest BCUT2D eigenvalue weighted by Gasteiger charge is -2.41. The Balaban J connectivity index is 1.83. The summed E-state index contributed by atoms with van der Waals surface area (Å²) in [4.78, 5) is 0. The van der Waals surface area contributed by atoms with Gasteiger partial charge < -0.3 is 25.2 Å². The summed E-state index contributed by atoms with van der Waals surface area (Å²) in [5.41, 5.74) is 0.109. The van der Waals surface area contributed by atoms with Gasteiger partial charge in [-0.15, -0.1) is 16.9 Å². The fraction of sp³-hybridized carbons (Fsp3) is 0.867. The van der Waals surface area contributed by atoms with Crippen molar-refractivity contribution in [2.45, 2.75) is 67.5 Å². The standard InChI is InChI=1S/C15H25N3O5S/c1-24-15-14(22)12(13(21)11(7-19)23-15)18-6-9(16-17-18)8-4-2-3-5-10(8)20/h6,8,10-15,19-22H,2-5,7H2,1H3/t8?,10?,11-,12+,13+,14-,15+/m1/s1. The zero-order valence-corrected chi connectivity index (χ0v) is 14.4. The van der Waals surface area contributed by atoms with E-state index in [-0.39, 0.29) is 12.5 Å². The maximum Gasteiger partial charge on any atom is 0.131 e. The van der Waals surface area contributed by atoms with E-state index in [1.165, 1.54) is 16.4 Å². The van der Waals surface area contributed by atoms with Crippen LogP contribution in [0, 0.1) is 0 Å². The van der Waals surface area contributed by atoms with Gasteiger partial charge in [-0.3, -0.25) is 0 Å². The van der Waals surface area contributed by atoms with Crippen LogP contribution in [0.2, 0.25) is 0 Å². The van der Waals surface area contributed by atoms with E-state index >= 15 is 0 Å². The molecule has 1 aliphatic carbocycles. The molecule has 0 radical (unpaired) electrons. The van der Waals surface area contributed by atoms with E-state index in [1.807, 2.05) is 0 Å². The first-order valence-corrected chi connectivity index (χ1v) is 9.60. The van der Waals surface area contributed by atoms with E-state index < -0.39 is 35.9 Å². The minimum Gasteiger partial charge on any atom is -0.394 e. The van der Waals surface area contributed by atoms with E-state index in [1.54, 1.807) is 12.5 Å². The van der Waals surface area contributed by atoms with E-state index in [4.69, 9.17) is 4.74 Å². The first kappa shape index (κ1) is 18.1. The summed E-state index contributed by atoms with van der Waals surface area (Å²) in [5.74, 6) is -0.0633. The van der Waals surface area contributed by atoms with Crippen molar-refractivity contribution < 1.29 is 25.2 Å². The number of nitrogens with zero attached hydrogens (tertiary/aromatic N) is 3. The van der Waals surface area contributed by atoms with E-state index in [9.17, 15) is 20.4 Å². The van der Waals surface area contributed by atoms with Crippen molar-refractivity contribution >= 4 is 11.8 Å². The number of rotatable bonds is 4. The van der Waals surface area contributed by atoms with Crippen LogP contribution in [0.4, 0.5) is 0 Å².